The number of benzene rings is 1. The highest BCUT2D eigenvalue weighted by Crippen LogP contribution is 2.28. The molecule has 112 valence electrons. The number of rotatable bonds is 5. The zero-order chi connectivity index (χ0) is 14.5. The summed E-state index contributed by atoms with van der Waals surface area (Å²) < 4.78 is 11.4. The Labute approximate surface area is 125 Å². The van der Waals surface area contributed by atoms with Gasteiger partial charge in [0.2, 0.25) is 0 Å². The third-order valence-corrected chi connectivity index (χ3v) is 3.83. The van der Waals surface area contributed by atoms with E-state index in [0.29, 0.717) is 17.4 Å². The lowest BCUT2D eigenvalue weighted by Crippen LogP contribution is -2.44. The summed E-state index contributed by atoms with van der Waals surface area (Å²) in [5.74, 6) is 0.633. The van der Waals surface area contributed by atoms with E-state index in [1.165, 1.54) is 0 Å². The van der Waals surface area contributed by atoms with E-state index in [0.717, 1.165) is 31.8 Å². The molecule has 0 saturated carbocycles. The molecule has 1 aliphatic heterocycles. The summed E-state index contributed by atoms with van der Waals surface area (Å²) >= 11 is 6.16. The highest BCUT2D eigenvalue weighted by Gasteiger charge is 2.20. The van der Waals surface area contributed by atoms with Crippen molar-refractivity contribution in [3.8, 4) is 5.75 Å². The Morgan fingerprint density at radius 1 is 1.55 bits per heavy atom. The molecule has 2 rings (SSSR count). The fourth-order valence-corrected chi connectivity index (χ4v) is 2.49. The van der Waals surface area contributed by atoms with Crippen molar-refractivity contribution in [2.75, 3.05) is 32.8 Å². The van der Waals surface area contributed by atoms with Crippen LogP contribution in [0.15, 0.2) is 18.2 Å². The van der Waals surface area contributed by atoms with Gasteiger partial charge in [-0.05, 0) is 31.2 Å². The maximum atomic E-state index is 9.50. The third kappa shape index (κ3) is 4.09. The van der Waals surface area contributed by atoms with E-state index in [9.17, 15) is 5.11 Å². The Bertz CT molecular complexity index is 439. The minimum absolute atomic E-state index is 0.0798. The van der Waals surface area contributed by atoms with Gasteiger partial charge in [-0.2, -0.15) is 0 Å². The molecule has 1 fully saturated rings. The second kappa shape index (κ2) is 7.27. The van der Waals surface area contributed by atoms with Crippen LogP contribution in [-0.2, 0) is 4.74 Å². The van der Waals surface area contributed by atoms with Crippen molar-refractivity contribution in [2.24, 2.45) is 0 Å². The molecule has 0 radical (unpaired) electrons. The van der Waals surface area contributed by atoms with Crippen molar-refractivity contribution in [3.05, 3.63) is 28.8 Å². The van der Waals surface area contributed by atoms with Gasteiger partial charge >= 0.3 is 0 Å². The van der Waals surface area contributed by atoms with E-state index in [1.807, 2.05) is 6.07 Å². The van der Waals surface area contributed by atoms with Gasteiger partial charge in [-0.15, -0.1) is 0 Å². The standard InChI is InChI=1S/C15H22ClNO3/c1-3-17-6-7-19-13(9-17)10-20-15-5-4-12(11(2)18)8-14(15)16/h4-5,8,11,13,18H,3,6-7,9-10H2,1-2H3/t11-,13?/m1/s1. The molecule has 1 saturated heterocycles. The van der Waals surface area contributed by atoms with Crippen molar-refractivity contribution < 1.29 is 14.6 Å². The van der Waals surface area contributed by atoms with Crippen LogP contribution < -0.4 is 4.74 Å². The van der Waals surface area contributed by atoms with Crippen LogP contribution in [0.5, 0.6) is 5.75 Å². The molecule has 4 nitrogen and oxygen atoms in total. The van der Waals surface area contributed by atoms with Gasteiger partial charge < -0.3 is 14.6 Å². The molecule has 0 spiro atoms. The summed E-state index contributed by atoms with van der Waals surface area (Å²) in [6, 6.07) is 5.36. The van der Waals surface area contributed by atoms with Crippen LogP contribution >= 0.6 is 11.6 Å². The van der Waals surface area contributed by atoms with Gasteiger partial charge in [-0.3, -0.25) is 4.90 Å². The van der Waals surface area contributed by atoms with Gasteiger partial charge in [0.25, 0.3) is 0 Å². The van der Waals surface area contributed by atoms with Gasteiger partial charge in [-0.1, -0.05) is 24.6 Å². The fourth-order valence-electron chi connectivity index (χ4n) is 2.25. The number of aliphatic hydroxyl groups excluding tert-OH is 1. The van der Waals surface area contributed by atoms with E-state index in [1.54, 1.807) is 19.1 Å². The van der Waals surface area contributed by atoms with E-state index >= 15 is 0 Å². The molecule has 1 aromatic rings. The third-order valence-electron chi connectivity index (χ3n) is 3.53. The van der Waals surface area contributed by atoms with E-state index in [2.05, 4.69) is 11.8 Å². The maximum absolute atomic E-state index is 9.50. The normalized spacial score (nSPS) is 21.7. The highest BCUT2D eigenvalue weighted by atomic mass is 35.5. The van der Waals surface area contributed by atoms with Gasteiger partial charge in [0.15, 0.2) is 0 Å². The smallest absolute Gasteiger partial charge is 0.138 e. The predicted octanol–water partition coefficient (Wildman–Crippen LogP) is 2.49. The molecule has 20 heavy (non-hydrogen) atoms. The molecule has 1 unspecified atom stereocenters. The highest BCUT2D eigenvalue weighted by molar-refractivity contribution is 6.32. The molecule has 0 bridgehead atoms. The molecular weight excluding hydrogens is 278 g/mol. The molecule has 0 amide bonds. The summed E-state index contributed by atoms with van der Waals surface area (Å²) in [5.41, 5.74) is 0.786. The zero-order valence-electron chi connectivity index (χ0n) is 12.0. The average Bonchev–Trinajstić information content (AvgIpc) is 2.46. The number of aliphatic hydroxyl groups is 1. The summed E-state index contributed by atoms with van der Waals surface area (Å²) in [7, 11) is 0. The van der Waals surface area contributed by atoms with Crippen LogP contribution in [0.4, 0.5) is 0 Å². The summed E-state index contributed by atoms with van der Waals surface area (Å²) in [6.07, 6.45) is -0.447. The summed E-state index contributed by atoms with van der Waals surface area (Å²) in [6.45, 7) is 8.00. The van der Waals surface area contributed by atoms with Crippen molar-refractivity contribution in [1.82, 2.24) is 4.90 Å². The SMILES string of the molecule is CCN1CCOC(COc2ccc([C@@H](C)O)cc2Cl)C1. The van der Waals surface area contributed by atoms with Crippen LogP contribution in [0.1, 0.15) is 25.5 Å². The first-order valence-electron chi connectivity index (χ1n) is 7.04. The van der Waals surface area contributed by atoms with Crippen molar-refractivity contribution >= 4 is 11.6 Å². The lowest BCUT2D eigenvalue weighted by Gasteiger charge is -2.31. The number of likely N-dealkylation sites (N-methyl/N-ethyl adjacent to an activating group) is 1. The van der Waals surface area contributed by atoms with Crippen molar-refractivity contribution in [1.29, 1.82) is 0 Å². The Balaban J connectivity index is 1.90. The Morgan fingerprint density at radius 3 is 3.00 bits per heavy atom. The Kier molecular flexibility index (Phi) is 5.66. The lowest BCUT2D eigenvalue weighted by atomic mass is 10.1. The molecule has 5 heteroatoms. The van der Waals surface area contributed by atoms with Gasteiger partial charge in [0.1, 0.15) is 18.5 Å². The molecule has 1 N–H and O–H groups in total. The molecule has 0 aliphatic carbocycles. The number of morpholine rings is 1. The molecule has 1 aliphatic rings. The van der Waals surface area contributed by atoms with Crippen LogP contribution in [0, 0.1) is 0 Å². The van der Waals surface area contributed by atoms with E-state index < -0.39 is 6.10 Å². The van der Waals surface area contributed by atoms with Crippen LogP contribution in [-0.4, -0.2) is 49.0 Å². The molecule has 2 atom stereocenters. The number of nitrogens with zero attached hydrogens (tertiary/aromatic N) is 1. The van der Waals surface area contributed by atoms with Crippen molar-refractivity contribution in [3.63, 3.8) is 0 Å². The van der Waals surface area contributed by atoms with Crippen LogP contribution in [0.2, 0.25) is 5.02 Å². The zero-order valence-corrected chi connectivity index (χ0v) is 12.8. The van der Waals surface area contributed by atoms with E-state index in [-0.39, 0.29) is 6.10 Å². The number of halogens is 1. The summed E-state index contributed by atoms with van der Waals surface area (Å²) in [5, 5.41) is 10.0. The molecule has 1 aromatic carbocycles. The summed E-state index contributed by atoms with van der Waals surface area (Å²) in [4.78, 5) is 2.34. The quantitative estimate of drug-likeness (QED) is 0.907. The monoisotopic (exact) mass is 299 g/mol. The Morgan fingerprint density at radius 2 is 2.35 bits per heavy atom. The molecular formula is C15H22ClNO3. The largest absolute Gasteiger partial charge is 0.489 e. The van der Waals surface area contributed by atoms with Gasteiger partial charge in [0, 0.05) is 13.1 Å². The first kappa shape index (κ1) is 15.6. The fraction of sp³-hybridized carbons (Fsp3) is 0.600. The topological polar surface area (TPSA) is 41.9 Å². The minimum Gasteiger partial charge on any atom is -0.489 e. The van der Waals surface area contributed by atoms with Crippen molar-refractivity contribution in [2.45, 2.75) is 26.1 Å². The van der Waals surface area contributed by atoms with Gasteiger partial charge in [-0.25, -0.2) is 0 Å². The first-order valence-corrected chi connectivity index (χ1v) is 7.42. The van der Waals surface area contributed by atoms with Gasteiger partial charge in [0.05, 0.1) is 17.7 Å². The van der Waals surface area contributed by atoms with Crippen LogP contribution in [0.3, 0.4) is 0 Å². The molecule has 0 aromatic heterocycles. The second-order valence-corrected chi connectivity index (χ2v) is 5.47. The molecule has 1 heterocycles. The Hall–Kier alpha value is -0.810. The maximum Gasteiger partial charge on any atom is 0.138 e. The van der Waals surface area contributed by atoms with E-state index in [4.69, 9.17) is 21.1 Å². The second-order valence-electron chi connectivity index (χ2n) is 5.06. The van der Waals surface area contributed by atoms with Crippen LogP contribution in [0.25, 0.3) is 0 Å². The first-order chi connectivity index (χ1) is 9.60. The number of ether oxygens (including phenoxy) is 2. The minimum atomic E-state index is -0.527. The average molecular weight is 300 g/mol. The predicted molar refractivity (Wildman–Crippen MR) is 79.4 cm³/mol. The number of hydrogen-bond donors (Lipinski definition) is 1. The lowest BCUT2D eigenvalue weighted by molar-refractivity contribution is -0.0463. The number of hydrogen-bond acceptors (Lipinski definition) is 4.